The lowest BCUT2D eigenvalue weighted by Crippen LogP contribution is -2.03. The second-order valence-electron chi connectivity index (χ2n) is 2.32. The van der Waals surface area contributed by atoms with Crippen molar-refractivity contribution in [2.75, 3.05) is 39.6 Å². The minimum Gasteiger partial charge on any atom is -0.394 e. The van der Waals surface area contributed by atoms with Crippen molar-refractivity contribution in [2.24, 2.45) is 0 Å². The molecule has 0 saturated heterocycles. The van der Waals surface area contributed by atoms with Crippen LogP contribution in [0.15, 0.2) is 25.3 Å². The van der Waals surface area contributed by atoms with Crippen molar-refractivity contribution < 1.29 is 25.2 Å². The van der Waals surface area contributed by atoms with Crippen molar-refractivity contribution in [1.29, 1.82) is 0 Å². The van der Waals surface area contributed by atoms with E-state index in [1.807, 2.05) is 13.8 Å². The molecular weight excluding hydrogens is 224 g/mol. The summed E-state index contributed by atoms with van der Waals surface area (Å²) in [7, 11) is 0. The summed E-state index contributed by atoms with van der Waals surface area (Å²) < 4.78 is 4.63. The highest BCUT2D eigenvalue weighted by molar-refractivity contribution is 4.51. The Morgan fingerprint density at radius 3 is 1.12 bits per heavy atom. The zero-order chi connectivity index (χ0) is 14.4. The lowest BCUT2D eigenvalue weighted by Gasteiger charge is -1.94. The predicted octanol–water partition coefficient (Wildman–Crippen LogP) is 0.343. The summed E-state index contributed by atoms with van der Waals surface area (Å²) in [5.41, 5.74) is 0. The summed E-state index contributed by atoms with van der Waals surface area (Å²) in [5, 5.41) is 31.4. The maximum absolute atomic E-state index is 8.09. The molecule has 0 aliphatic rings. The van der Waals surface area contributed by atoms with Crippen molar-refractivity contribution in [3.8, 4) is 0 Å². The normalized spacial score (nSPS) is 7.18. The fourth-order valence-electron chi connectivity index (χ4n) is 0.231. The summed E-state index contributed by atoms with van der Waals surface area (Å²) >= 11 is 0. The second-order valence-corrected chi connectivity index (χ2v) is 2.32. The molecule has 0 aliphatic heterocycles. The first-order valence-corrected chi connectivity index (χ1v) is 5.31. The van der Waals surface area contributed by atoms with Crippen molar-refractivity contribution in [3.05, 3.63) is 25.3 Å². The Balaban J connectivity index is -0.0000000726. The summed E-state index contributed by atoms with van der Waals surface area (Å²) in [6.45, 7) is 10.9. The minimum absolute atomic E-state index is 0.0278. The zero-order valence-corrected chi connectivity index (χ0v) is 11.0. The molecule has 5 nitrogen and oxygen atoms in total. The lowest BCUT2D eigenvalue weighted by molar-refractivity contribution is 0.0650. The lowest BCUT2D eigenvalue weighted by atomic mass is 10.7. The van der Waals surface area contributed by atoms with Gasteiger partial charge < -0.3 is 25.2 Å². The third-order valence-corrected chi connectivity index (χ3v) is 0.571. The van der Waals surface area contributed by atoms with E-state index in [0.717, 1.165) is 0 Å². The van der Waals surface area contributed by atoms with E-state index < -0.39 is 0 Å². The van der Waals surface area contributed by atoms with Crippen molar-refractivity contribution in [2.45, 2.75) is 13.8 Å². The fourth-order valence-corrected chi connectivity index (χ4v) is 0.231. The summed E-state index contributed by atoms with van der Waals surface area (Å²) in [5.74, 6) is 0. The van der Waals surface area contributed by atoms with Gasteiger partial charge in [0.2, 0.25) is 0 Å². The van der Waals surface area contributed by atoms with Crippen LogP contribution in [0.1, 0.15) is 13.8 Å². The average Bonchev–Trinajstić information content (AvgIpc) is 2.32. The highest BCUT2D eigenvalue weighted by Crippen LogP contribution is 1.68. The minimum atomic E-state index is -0.125. The number of ether oxygens (including phenoxy) is 1. The molecule has 0 heterocycles. The molecule has 5 heteroatoms. The number of aliphatic hydroxyl groups is 4. The van der Waals surface area contributed by atoms with Gasteiger partial charge in [0.15, 0.2) is 0 Å². The topological polar surface area (TPSA) is 90.2 Å². The molecule has 0 radical (unpaired) electrons. The molecular formula is C12H28O5. The molecule has 0 fully saturated rings. The van der Waals surface area contributed by atoms with Crippen molar-refractivity contribution in [3.63, 3.8) is 0 Å². The molecule has 0 unspecified atom stereocenters. The molecule has 0 aromatic carbocycles. The molecule has 0 amide bonds. The predicted molar refractivity (Wildman–Crippen MR) is 70.9 cm³/mol. The third kappa shape index (κ3) is 147. The quantitative estimate of drug-likeness (QED) is 0.418. The van der Waals surface area contributed by atoms with E-state index in [-0.39, 0.29) is 26.4 Å². The molecule has 0 rings (SSSR count). The second kappa shape index (κ2) is 45.4. The number of allylic oxidation sites excluding steroid dienone is 2. The van der Waals surface area contributed by atoms with Crippen LogP contribution in [0.2, 0.25) is 0 Å². The number of hydrogen-bond acceptors (Lipinski definition) is 5. The van der Waals surface area contributed by atoms with E-state index in [1.54, 1.807) is 12.2 Å². The first kappa shape index (κ1) is 25.2. The first-order chi connectivity index (χ1) is 8.16. The summed E-state index contributed by atoms with van der Waals surface area (Å²) in [6, 6.07) is 0. The average molecular weight is 252 g/mol. The molecule has 4 N–H and O–H groups in total. The molecule has 0 spiro atoms. The van der Waals surface area contributed by atoms with E-state index in [1.165, 1.54) is 0 Å². The van der Waals surface area contributed by atoms with Gasteiger partial charge >= 0.3 is 0 Å². The van der Waals surface area contributed by atoms with E-state index in [2.05, 4.69) is 17.9 Å². The van der Waals surface area contributed by atoms with E-state index >= 15 is 0 Å². The van der Waals surface area contributed by atoms with Gasteiger partial charge in [-0.05, 0) is 13.8 Å². The standard InChI is InChI=1S/C4H10O3.2C3H6.C2H6O2/c5-1-3-7-4-2-6;2*1-3-2;3-1-2-4/h5-6H,1-4H2;2*3H,1H2,2H3;3-4H,1-2H2. The van der Waals surface area contributed by atoms with Gasteiger partial charge in [-0.2, -0.15) is 0 Å². The molecule has 0 saturated carbocycles. The van der Waals surface area contributed by atoms with Gasteiger partial charge in [0.25, 0.3) is 0 Å². The zero-order valence-electron chi connectivity index (χ0n) is 11.0. The molecule has 0 atom stereocenters. The van der Waals surface area contributed by atoms with Crippen molar-refractivity contribution >= 4 is 0 Å². The van der Waals surface area contributed by atoms with Gasteiger partial charge in [0, 0.05) is 0 Å². The Labute approximate surface area is 105 Å². The van der Waals surface area contributed by atoms with Crippen LogP contribution in [0.5, 0.6) is 0 Å². The Hall–Kier alpha value is -0.720. The largest absolute Gasteiger partial charge is 0.394 e. The van der Waals surface area contributed by atoms with Crippen LogP contribution in [-0.4, -0.2) is 60.1 Å². The summed E-state index contributed by atoms with van der Waals surface area (Å²) in [4.78, 5) is 0. The third-order valence-electron chi connectivity index (χ3n) is 0.571. The monoisotopic (exact) mass is 252 g/mol. The van der Waals surface area contributed by atoms with Crippen molar-refractivity contribution in [1.82, 2.24) is 0 Å². The van der Waals surface area contributed by atoms with E-state index in [9.17, 15) is 0 Å². The first-order valence-electron chi connectivity index (χ1n) is 5.31. The van der Waals surface area contributed by atoms with Crippen LogP contribution < -0.4 is 0 Å². The van der Waals surface area contributed by atoms with Crippen LogP contribution in [-0.2, 0) is 4.74 Å². The Morgan fingerprint density at radius 2 is 1.00 bits per heavy atom. The SMILES string of the molecule is C=CC.C=CC.OCCO.OCCOCCO. The number of aliphatic hydroxyl groups excluding tert-OH is 4. The van der Waals surface area contributed by atoms with Crippen LogP contribution in [0.3, 0.4) is 0 Å². The highest BCUT2D eigenvalue weighted by Gasteiger charge is 1.79. The van der Waals surface area contributed by atoms with Crippen LogP contribution in [0.4, 0.5) is 0 Å². The maximum Gasteiger partial charge on any atom is 0.0698 e. The van der Waals surface area contributed by atoms with E-state index in [4.69, 9.17) is 20.4 Å². The van der Waals surface area contributed by atoms with Gasteiger partial charge in [-0.3, -0.25) is 0 Å². The van der Waals surface area contributed by atoms with Gasteiger partial charge in [0.05, 0.1) is 39.6 Å². The molecule has 17 heavy (non-hydrogen) atoms. The molecule has 0 aromatic heterocycles. The van der Waals surface area contributed by atoms with Crippen LogP contribution in [0.25, 0.3) is 0 Å². The molecule has 0 bridgehead atoms. The van der Waals surface area contributed by atoms with E-state index in [0.29, 0.717) is 13.2 Å². The maximum atomic E-state index is 8.09. The fraction of sp³-hybridized carbons (Fsp3) is 0.667. The molecule has 106 valence electrons. The van der Waals surface area contributed by atoms with Gasteiger partial charge in [-0.15, -0.1) is 13.2 Å². The number of hydrogen-bond donors (Lipinski definition) is 4. The van der Waals surface area contributed by atoms with Gasteiger partial charge in [-0.1, -0.05) is 12.2 Å². The van der Waals surface area contributed by atoms with Gasteiger partial charge in [-0.25, -0.2) is 0 Å². The van der Waals surface area contributed by atoms with Gasteiger partial charge in [0.1, 0.15) is 0 Å². The van der Waals surface area contributed by atoms with Crippen LogP contribution in [0, 0.1) is 0 Å². The highest BCUT2D eigenvalue weighted by atomic mass is 16.5. The Kier molecular flexibility index (Phi) is 67.4. The molecule has 0 aliphatic carbocycles. The Morgan fingerprint density at radius 1 is 0.765 bits per heavy atom. The summed E-state index contributed by atoms with van der Waals surface area (Å²) in [6.07, 6.45) is 3.50. The van der Waals surface area contributed by atoms with Crippen LogP contribution >= 0.6 is 0 Å². The smallest absolute Gasteiger partial charge is 0.0698 e. The Bertz CT molecular complexity index is 95.1. The molecule has 0 aromatic rings. The number of rotatable bonds is 5.